The molecule has 0 spiro atoms. The third-order valence-electron chi connectivity index (χ3n) is 5.99. The van der Waals surface area contributed by atoms with Gasteiger partial charge >= 0.3 is 0 Å². The van der Waals surface area contributed by atoms with E-state index >= 15 is 0 Å². The number of likely N-dealkylation sites (N-methyl/N-ethyl adjacent to an activating group) is 1. The van der Waals surface area contributed by atoms with Gasteiger partial charge in [-0.15, -0.1) is 0 Å². The van der Waals surface area contributed by atoms with Gasteiger partial charge in [-0.2, -0.15) is 5.10 Å². The first-order valence-electron chi connectivity index (χ1n) is 10.8. The molecule has 0 bridgehead atoms. The van der Waals surface area contributed by atoms with Crippen molar-refractivity contribution in [3.05, 3.63) is 78.0 Å². The standard InChI is InChI=1S/C25H28N4O/c1-2-27-12-14-28(15-13-27)18-22-19-29(17-20-8-4-3-5-9-20)26-25(22)24-16-21-10-6-7-11-23(21)30-24/h3-11,16,19H,2,12-15,17-18H2,1H3. The third-order valence-corrected chi connectivity index (χ3v) is 5.99. The number of nitrogens with zero attached hydrogens (tertiary/aromatic N) is 4. The molecule has 1 aliphatic rings. The number of rotatable bonds is 6. The third kappa shape index (κ3) is 4.04. The second-order valence-corrected chi connectivity index (χ2v) is 8.05. The van der Waals surface area contributed by atoms with Gasteiger partial charge in [-0.25, -0.2) is 0 Å². The van der Waals surface area contributed by atoms with Crippen LogP contribution in [-0.2, 0) is 13.1 Å². The summed E-state index contributed by atoms with van der Waals surface area (Å²) in [4.78, 5) is 5.04. The maximum Gasteiger partial charge on any atom is 0.156 e. The molecule has 2 aromatic carbocycles. The lowest BCUT2D eigenvalue weighted by atomic mass is 10.1. The molecule has 30 heavy (non-hydrogen) atoms. The molecule has 0 radical (unpaired) electrons. The minimum Gasteiger partial charge on any atom is -0.454 e. The molecule has 0 N–H and O–H groups in total. The molecule has 0 unspecified atom stereocenters. The highest BCUT2D eigenvalue weighted by Crippen LogP contribution is 2.30. The Labute approximate surface area is 177 Å². The summed E-state index contributed by atoms with van der Waals surface area (Å²) in [5.41, 5.74) is 4.35. The second-order valence-electron chi connectivity index (χ2n) is 8.05. The van der Waals surface area contributed by atoms with E-state index in [0.29, 0.717) is 0 Å². The largest absolute Gasteiger partial charge is 0.454 e. The Morgan fingerprint density at radius 2 is 1.60 bits per heavy atom. The smallest absolute Gasteiger partial charge is 0.156 e. The maximum atomic E-state index is 6.18. The van der Waals surface area contributed by atoms with Crippen molar-refractivity contribution in [1.82, 2.24) is 19.6 Å². The van der Waals surface area contributed by atoms with Crippen molar-refractivity contribution in [1.29, 1.82) is 0 Å². The van der Waals surface area contributed by atoms with Gasteiger partial charge in [0.2, 0.25) is 0 Å². The summed E-state index contributed by atoms with van der Waals surface area (Å²) in [6.07, 6.45) is 2.20. The number of hydrogen-bond donors (Lipinski definition) is 0. The van der Waals surface area contributed by atoms with Crippen molar-refractivity contribution in [3.8, 4) is 11.5 Å². The van der Waals surface area contributed by atoms with Crippen LogP contribution in [0, 0.1) is 0 Å². The molecule has 3 heterocycles. The molecule has 5 heteroatoms. The highest BCUT2D eigenvalue weighted by molar-refractivity contribution is 5.82. The van der Waals surface area contributed by atoms with Gasteiger partial charge in [0.1, 0.15) is 11.3 Å². The molecular weight excluding hydrogens is 372 g/mol. The highest BCUT2D eigenvalue weighted by atomic mass is 16.3. The molecule has 0 atom stereocenters. The van der Waals surface area contributed by atoms with Crippen molar-refractivity contribution in [3.63, 3.8) is 0 Å². The van der Waals surface area contributed by atoms with E-state index in [2.05, 4.69) is 64.0 Å². The molecule has 0 saturated carbocycles. The minimum atomic E-state index is 0.762. The van der Waals surface area contributed by atoms with Gasteiger partial charge in [0.25, 0.3) is 0 Å². The van der Waals surface area contributed by atoms with E-state index in [4.69, 9.17) is 9.52 Å². The second kappa shape index (κ2) is 8.46. The number of fused-ring (bicyclic) bond motifs is 1. The van der Waals surface area contributed by atoms with E-state index in [0.717, 1.165) is 68.2 Å². The van der Waals surface area contributed by atoms with Crippen LogP contribution in [0.25, 0.3) is 22.4 Å². The molecule has 1 saturated heterocycles. The summed E-state index contributed by atoms with van der Waals surface area (Å²) >= 11 is 0. The van der Waals surface area contributed by atoms with Crippen molar-refractivity contribution in [2.45, 2.75) is 20.0 Å². The van der Waals surface area contributed by atoms with Crippen LogP contribution in [0.15, 0.2) is 71.3 Å². The van der Waals surface area contributed by atoms with E-state index in [1.807, 2.05) is 24.3 Å². The van der Waals surface area contributed by atoms with Crippen LogP contribution >= 0.6 is 0 Å². The molecule has 5 nitrogen and oxygen atoms in total. The summed E-state index contributed by atoms with van der Waals surface area (Å²) in [5, 5.41) is 6.07. The predicted octanol–water partition coefficient (Wildman–Crippen LogP) is 4.48. The molecule has 1 fully saturated rings. The van der Waals surface area contributed by atoms with E-state index in [1.54, 1.807) is 0 Å². The van der Waals surface area contributed by atoms with Crippen LogP contribution in [0.4, 0.5) is 0 Å². The number of hydrogen-bond acceptors (Lipinski definition) is 4. The SMILES string of the molecule is CCN1CCN(Cc2cn(Cc3ccccc3)nc2-c2cc3ccccc3o2)CC1. The van der Waals surface area contributed by atoms with Gasteiger partial charge in [0.05, 0.1) is 6.54 Å². The molecule has 2 aromatic heterocycles. The summed E-state index contributed by atoms with van der Waals surface area (Å²) in [6, 6.07) is 20.8. The van der Waals surface area contributed by atoms with Crippen molar-refractivity contribution >= 4 is 11.0 Å². The van der Waals surface area contributed by atoms with Crippen LogP contribution in [0.5, 0.6) is 0 Å². The quantitative estimate of drug-likeness (QED) is 0.478. The lowest BCUT2D eigenvalue weighted by molar-refractivity contribution is 0.132. The molecule has 5 rings (SSSR count). The number of furan rings is 1. The number of piperazine rings is 1. The predicted molar refractivity (Wildman–Crippen MR) is 120 cm³/mol. The van der Waals surface area contributed by atoms with Crippen LogP contribution in [0.2, 0.25) is 0 Å². The summed E-state index contributed by atoms with van der Waals surface area (Å²) in [5.74, 6) is 0.852. The van der Waals surface area contributed by atoms with Gasteiger partial charge in [0.15, 0.2) is 5.76 Å². The maximum absolute atomic E-state index is 6.18. The van der Waals surface area contributed by atoms with E-state index in [1.165, 1.54) is 11.1 Å². The molecule has 0 amide bonds. The fraction of sp³-hybridized carbons (Fsp3) is 0.320. The van der Waals surface area contributed by atoms with E-state index < -0.39 is 0 Å². The lowest BCUT2D eigenvalue weighted by Crippen LogP contribution is -2.45. The van der Waals surface area contributed by atoms with E-state index in [9.17, 15) is 0 Å². The Bertz CT molecular complexity index is 1070. The molecule has 154 valence electrons. The zero-order valence-electron chi connectivity index (χ0n) is 17.5. The molecular formula is C25H28N4O. The van der Waals surface area contributed by atoms with Crippen LogP contribution in [0.1, 0.15) is 18.1 Å². The first-order valence-corrected chi connectivity index (χ1v) is 10.8. The topological polar surface area (TPSA) is 37.4 Å². The van der Waals surface area contributed by atoms with Crippen LogP contribution < -0.4 is 0 Å². The summed E-state index contributed by atoms with van der Waals surface area (Å²) < 4.78 is 8.23. The van der Waals surface area contributed by atoms with Crippen LogP contribution in [0.3, 0.4) is 0 Å². The van der Waals surface area contributed by atoms with Gasteiger partial charge in [-0.3, -0.25) is 9.58 Å². The Balaban J connectivity index is 1.45. The van der Waals surface area contributed by atoms with Crippen LogP contribution in [-0.4, -0.2) is 52.3 Å². The summed E-state index contributed by atoms with van der Waals surface area (Å²) in [6.45, 7) is 9.49. The first-order chi connectivity index (χ1) is 14.8. The average Bonchev–Trinajstić information content (AvgIpc) is 3.38. The average molecular weight is 401 g/mol. The van der Waals surface area contributed by atoms with Crippen molar-refractivity contribution < 1.29 is 4.42 Å². The lowest BCUT2D eigenvalue weighted by Gasteiger charge is -2.33. The number of para-hydroxylation sites is 1. The Kier molecular flexibility index (Phi) is 5.39. The first kappa shape index (κ1) is 19.1. The van der Waals surface area contributed by atoms with Gasteiger partial charge in [-0.05, 0) is 24.2 Å². The molecule has 0 aliphatic carbocycles. The van der Waals surface area contributed by atoms with Gasteiger partial charge in [0, 0.05) is 49.9 Å². The normalized spacial score (nSPS) is 15.8. The monoisotopic (exact) mass is 400 g/mol. The van der Waals surface area contributed by atoms with E-state index in [-0.39, 0.29) is 0 Å². The summed E-state index contributed by atoms with van der Waals surface area (Å²) in [7, 11) is 0. The molecule has 1 aliphatic heterocycles. The Hall–Kier alpha value is -2.89. The van der Waals surface area contributed by atoms with Gasteiger partial charge in [-0.1, -0.05) is 55.5 Å². The fourth-order valence-corrected chi connectivity index (χ4v) is 4.24. The fourth-order valence-electron chi connectivity index (χ4n) is 4.24. The zero-order chi connectivity index (χ0) is 20.3. The minimum absolute atomic E-state index is 0.762. The number of benzene rings is 2. The zero-order valence-corrected chi connectivity index (χ0v) is 17.5. The Morgan fingerprint density at radius 1 is 0.867 bits per heavy atom. The van der Waals surface area contributed by atoms with Gasteiger partial charge < -0.3 is 9.32 Å². The molecule has 4 aromatic rings. The highest BCUT2D eigenvalue weighted by Gasteiger charge is 2.21. The van der Waals surface area contributed by atoms with Crippen molar-refractivity contribution in [2.75, 3.05) is 32.7 Å². The Morgan fingerprint density at radius 3 is 2.37 bits per heavy atom. The number of aromatic nitrogens is 2. The van der Waals surface area contributed by atoms with Crippen molar-refractivity contribution in [2.24, 2.45) is 0 Å².